The molecule has 2 amide bonds. The van der Waals surface area contributed by atoms with Gasteiger partial charge in [-0.25, -0.2) is 4.31 Å². The molecule has 0 fully saturated rings. The van der Waals surface area contributed by atoms with Gasteiger partial charge in [0.05, 0.1) is 5.69 Å². The molecule has 0 aliphatic heterocycles. The summed E-state index contributed by atoms with van der Waals surface area (Å²) in [4.78, 5) is 27.8. The van der Waals surface area contributed by atoms with Gasteiger partial charge in [0.2, 0.25) is 11.8 Å². The van der Waals surface area contributed by atoms with E-state index in [-0.39, 0.29) is 12.5 Å². The van der Waals surface area contributed by atoms with Gasteiger partial charge in [0.15, 0.2) is 0 Å². The molecule has 1 N–H and O–H groups in total. The number of rotatable bonds is 11. The van der Waals surface area contributed by atoms with Crippen LogP contribution in [0, 0.1) is 0 Å². The highest BCUT2D eigenvalue weighted by atomic mass is 35.5. The summed E-state index contributed by atoms with van der Waals surface area (Å²) < 4.78 is 28.2. The third-order valence-corrected chi connectivity index (χ3v) is 7.56. The first-order valence-electron chi connectivity index (χ1n) is 10.8. The van der Waals surface area contributed by atoms with Gasteiger partial charge >= 0.3 is 10.2 Å². The van der Waals surface area contributed by atoms with E-state index in [1.54, 1.807) is 62.4 Å². The van der Waals surface area contributed by atoms with Crippen LogP contribution in [0.3, 0.4) is 0 Å². The van der Waals surface area contributed by atoms with E-state index in [1.807, 2.05) is 0 Å². The molecule has 2 aromatic carbocycles. The van der Waals surface area contributed by atoms with Gasteiger partial charge in [0.1, 0.15) is 12.6 Å². The van der Waals surface area contributed by atoms with Gasteiger partial charge in [0, 0.05) is 37.2 Å². The van der Waals surface area contributed by atoms with Crippen LogP contribution in [0.1, 0.15) is 25.8 Å². The first-order chi connectivity index (χ1) is 16.0. The van der Waals surface area contributed by atoms with Gasteiger partial charge in [-0.1, -0.05) is 54.4 Å². The van der Waals surface area contributed by atoms with Crippen molar-refractivity contribution >= 4 is 50.9 Å². The minimum absolute atomic E-state index is 0.00905. The number of para-hydroxylation sites is 1. The van der Waals surface area contributed by atoms with Gasteiger partial charge in [-0.05, 0) is 43.2 Å². The topological polar surface area (TPSA) is 90.0 Å². The van der Waals surface area contributed by atoms with Gasteiger partial charge in [-0.2, -0.15) is 12.7 Å². The average Bonchev–Trinajstić information content (AvgIpc) is 2.79. The van der Waals surface area contributed by atoms with Crippen LogP contribution in [0.4, 0.5) is 5.69 Å². The van der Waals surface area contributed by atoms with Crippen LogP contribution in [-0.4, -0.2) is 62.7 Å². The third-order valence-electron chi connectivity index (χ3n) is 5.16. The number of benzene rings is 2. The Hall–Kier alpha value is -2.33. The Morgan fingerprint density at radius 3 is 2.21 bits per heavy atom. The van der Waals surface area contributed by atoms with E-state index in [2.05, 4.69) is 5.32 Å². The minimum atomic E-state index is -4.00. The molecule has 0 aliphatic carbocycles. The molecule has 0 spiro atoms. The van der Waals surface area contributed by atoms with Crippen molar-refractivity contribution in [2.75, 3.05) is 31.5 Å². The standard InChI is InChI=1S/C23H30Cl2N4O4S/c1-5-21(23(31)26-6-2)28(15-17-12-13-18(24)14-20(17)25)22(30)16-29(34(32,33)27(3)4)19-10-8-7-9-11-19/h7-14,21H,5-6,15-16H2,1-4H3,(H,26,31)/t21-/m0/s1. The highest BCUT2D eigenvalue weighted by Crippen LogP contribution is 2.25. The molecule has 11 heteroatoms. The normalized spacial score (nSPS) is 12.3. The second kappa shape index (κ2) is 12.4. The lowest BCUT2D eigenvalue weighted by molar-refractivity contribution is -0.140. The fraction of sp³-hybridized carbons (Fsp3) is 0.391. The highest BCUT2D eigenvalue weighted by Gasteiger charge is 2.33. The van der Waals surface area contributed by atoms with E-state index in [1.165, 1.54) is 19.0 Å². The molecule has 0 radical (unpaired) electrons. The molecule has 34 heavy (non-hydrogen) atoms. The summed E-state index contributed by atoms with van der Waals surface area (Å²) in [5, 5.41) is 3.53. The van der Waals surface area contributed by atoms with Crippen molar-refractivity contribution in [1.82, 2.24) is 14.5 Å². The van der Waals surface area contributed by atoms with Crippen molar-refractivity contribution in [2.24, 2.45) is 0 Å². The number of carbonyl (C=O) groups excluding carboxylic acids is 2. The van der Waals surface area contributed by atoms with E-state index in [0.717, 1.165) is 8.61 Å². The molecule has 2 aromatic rings. The number of likely N-dealkylation sites (N-methyl/N-ethyl adjacent to an activating group) is 1. The maximum Gasteiger partial charge on any atom is 0.304 e. The Labute approximate surface area is 211 Å². The lowest BCUT2D eigenvalue weighted by atomic mass is 10.1. The molecule has 2 rings (SSSR count). The number of anilines is 1. The summed E-state index contributed by atoms with van der Waals surface area (Å²) in [7, 11) is -1.21. The van der Waals surface area contributed by atoms with Crippen molar-refractivity contribution in [3.63, 3.8) is 0 Å². The van der Waals surface area contributed by atoms with Crippen LogP contribution in [0.2, 0.25) is 10.0 Å². The molecule has 0 heterocycles. The first kappa shape index (κ1) is 27.9. The lowest BCUT2D eigenvalue weighted by Gasteiger charge is -2.34. The van der Waals surface area contributed by atoms with E-state index in [4.69, 9.17) is 23.2 Å². The number of amides is 2. The molecule has 0 saturated heterocycles. The second-order valence-corrected chi connectivity index (χ2v) is 10.6. The zero-order valence-electron chi connectivity index (χ0n) is 19.7. The Morgan fingerprint density at radius 1 is 1.03 bits per heavy atom. The molecule has 0 aromatic heterocycles. The van der Waals surface area contributed by atoms with Gasteiger partial charge < -0.3 is 10.2 Å². The van der Waals surface area contributed by atoms with Crippen LogP contribution >= 0.6 is 23.2 Å². The zero-order chi connectivity index (χ0) is 25.5. The molecule has 1 atom stereocenters. The van der Waals surface area contributed by atoms with Gasteiger partial charge in [-0.3, -0.25) is 9.59 Å². The zero-order valence-corrected chi connectivity index (χ0v) is 22.0. The van der Waals surface area contributed by atoms with E-state index in [0.29, 0.717) is 34.3 Å². The first-order valence-corrected chi connectivity index (χ1v) is 12.9. The Balaban J connectivity index is 2.50. The third kappa shape index (κ3) is 6.85. The van der Waals surface area contributed by atoms with Crippen molar-refractivity contribution in [3.05, 3.63) is 64.1 Å². The van der Waals surface area contributed by atoms with Crippen molar-refractivity contribution in [2.45, 2.75) is 32.9 Å². The summed E-state index contributed by atoms with van der Waals surface area (Å²) in [6.07, 6.45) is 0.328. The summed E-state index contributed by atoms with van der Waals surface area (Å²) >= 11 is 12.4. The maximum atomic E-state index is 13.6. The summed E-state index contributed by atoms with van der Waals surface area (Å²) in [5.74, 6) is -0.872. The van der Waals surface area contributed by atoms with Crippen LogP contribution in [0.25, 0.3) is 0 Å². The number of halogens is 2. The van der Waals surface area contributed by atoms with Crippen molar-refractivity contribution < 1.29 is 18.0 Å². The second-order valence-electron chi connectivity index (χ2n) is 7.71. The number of nitrogens with one attached hydrogen (secondary N) is 1. The van der Waals surface area contributed by atoms with Crippen LogP contribution in [0.5, 0.6) is 0 Å². The largest absolute Gasteiger partial charge is 0.355 e. The Kier molecular flexibility index (Phi) is 10.2. The average molecular weight is 529 g/mol. The van der Waals surface area contributed by atoms with E-state index in [9.17, 15) is 18.0 Å². The summed E-state index contributed by atoms with van der Waals surface area (Å²) in [6, 6.07) is 12.4. The fourth-order valence-corrected chi connectivity index (χ4v) is 4.88. The minimum Gasteiger partial charge on any atom is -0.355 e. The summed E-state index contributed by atoms with van der Waals surface area (Å²) in [6.45, 7) is 3.48. The number of nitrogens with zero attached hydrogens (tertiary/aromatic N) is 3. The Bertz CT molecular complexity index is 1100. The van der Waals surface area contributed by atoms with Crippen LogP contribution < -0.4 is 9.62 Å². The SMILES string of the molecule is CCNC(=O)[C@H](CC)N(Cc1ccc(Cl)cc1Cl)C(=O)CN(c1ccccc1)S(=O)(=O)N(C)C. The van der Waals surface area contributed by atoms with Crippen molar-refractivity contribution in [3.8, 4) is 0 Å². The lowest BCUT2D eigenvalue weighted by Crippen LogP contribution is -2.53. The molecule has 0 unspecified atom stereocenters. The van der Waals surface area contributed by atoms with E-state index < -0.39 is 28.7 Å². The molecule has 186 valence electrons. The smallest absolute Gasteiger partial charge is 0.304 e. The van der Waals surface area contributed by atoms with Crippen molar-refractivity contribution in [1.29, 1.82) is 0 Å². The maximum absolute atomic E-state index is 13.6. The summed E-state index contributed by atoms with van der Waals surface area (Å²) in [5.41, 5.74) is 0.920. The van der Waals surface area contributed by atoms with Gasteiger partial charge in [0.25, 0.3) is 0 Å². The van der Waals surface area contributed by atoms with Gasteiger partial charge in [-0.15, -0.1) is 0 Å². The highest BCUT2D eigenvalue weighted by molar-refractivity contribution is 7.90. The predicted molar refractivity (Wildman–Crippen MR) is 136 cm³/mol. The molecule has 8 nitrogen and oxygen atoms in total. The van der Waals surface area contributed by atoms with E-state index >= 15 is 0 Å². The molecular formula is C23H30Cl2N4O4S. The molecule has 0 bridgehead atoms. The quantitative estimate of drug-likeness (QED) is 0.482. The number of carbonyl (C=O) groups is 2. The predicted octanol–water partition coefficient (Wildman–Crippen LogP) is 3.55. The monoisotopic (exact) mass is 528 g/mol. The molecular weight excluding hydrogens is 499 g/mol. The van der Waals surface area contributed by atoms with Crippen LogP contribution in [0.15, 0.2) is 48.5 Å². The Morgan fingerprint density at radius 2 is 1.68 bits per heavy atom. The molecule has 0 aliphatic rings. The number of hydrogen-bond acceptors (Lipinski definition) is 4. The molecule has 0 saturated carbocycles. The fourth-order valence-electron chi connectivity index (χ4n) is 3.36. The van der Waals surface area contributed by atoms with Crippen LogP contribution in [-0.2, 0) is 26.3 Å². The number of hydrogen-bond donors (Lipinski definition) is 1.